The normalized spacial score (nSPS) is 12.0. The standard InChI is InChI=1S/C14H21NO/c1-5-16-13-8-6-7-12(10-13)14(15-4)9-11(2)3/h6-10,14-15H,5H2,1-4H3. The zero-order valence-corrected chi connectivity index (χ0v) is 10.6. The highest BCUT2D eigenvalue weighted by Gasteiger charge is 2.06. The summed E-state index contributed by atoms with van der Waals surface area (Å²) in [6.07, 6.45) is 2.21. The van der Waals surface area contributed by atoms with E-state index in [9.17, 15) is 0 Å². The van der Waals surface area contributed by atoms with Crippen LogP contribution in [-0.4, -0.2) is 13.7 Å². The highest BCUT2D eigenvalue weighted by Crippen LogP contribution is 2.21. The highest BCUT2D eigenvalue weighted by molar-refractivity contribution is 5.32. The average Bonchev–Trinajstić information content (AvgIpc) is 2.26. The van der Waals surface area contributed by atoms with E-state index in [0.717, 1.165) is 5.75 Å². The number of likely N-dealkylation sites (N-methyl/N-ethyl adjacent to an activating group) is 1. The smallest absolute Gasteiger partial charge is 0.119 e. The average molecular weight is 219 g/mol. The molecule has 1 rings (SSSR count). The fraction of sp³-hybridized carbons (Fsp3) is 0.429. The molecule has 0 aromatic heterocycles. The molecule has 1 N–H and O–H groups in total. The summed E-state index contributed by atoms with van der Waals surface area (Å²) in [4.78, 5) is 0. The number of allylic oxidation sites excluding steroid dienone is 1. The molecule has 0 aliphatic rings. The van der Waals surface area contributed by atoms with E-state index in [0.29, 0.717) is 6.61 Å². The SMILES string of the molecule is CCOc1cccc(C(C=C(C)C)NC)c1. The molecular formula is C14H21NO. The molecule has 1 unspecified atom stereocenters. The maximum atomic E-state index is 5.50. The summed E-state index contributed by atoms with van der Waals surface area (Å²) in [5.74, 6) is 0.933. The van der Waals surface area contributed by atoms with Gasteiger partial charge < -0.3 is 10.1 Å². The van der Waals surface area contributed by atoms with Crippen LogP contribution in [-0.2, 0) is 0 Å². The fourth-order valence-electron chi connectivity index (χ4n) is 1.64. The number of hydrogen-bond acceptors (Lipinski definition) is 2. The van der Waals surface area contributed by atoms with Crippen LogP contribution < -0.4 is 10.1 Å². The van der Waals surface area contributed by atoms with Gasteiger partial charge in [-0.3, -0.25) is 0 Å². The molecule has 2 nitrogen and oxygen atoms in total. The number of nitrogens with one attached hydrogen (secondary N) is 1. The zero-order chi connectivity index (χ0) is 12.0. The third-order valence-corrected chi connectivity index (χ3v) is 2.34. The number of ether oxygens (including phenoxy) is 1. The summed E-state index contributed by atoms with van der Waals surface area (Å²) in [6.45, 7) is 6.92. The lowest BCUT2D eigenvalue weighted by Crippen LogP contribution is -2.14. The van der Waals surface area contributed by atoms with E-state index in [4.69, 9.17) is 4.74 Å². The van der Waals surface area contributed by atoms with Crippen molar-refractivity contribution >= 4 is 0 Å². The summed E-state index contributed by atoms with van der Waals surface area (Å²) in [5, 5.41) is 3.29. The van der Waals surface area contributed by atoms with Gasteiger partial charge in [-0.2, -0.15) is 0 Å². The third kappa shape index (κ3) is 3.70. The van der Waals surface area contributed by atoms with Gasteiger partial charge in [-0.15, -0.1) is 0 Å². The maximum absolute atomic E-state index is 5.50. The molecule has 0 aliphatic carbocycles. The van der Waals surface area contributed by atoms with Gasteiger partial charge in [-0.1, -0.05) is 23.8 Å². The van der Waals surface area contributed by atoms with Gasteiger partial charge in [-0.05, 0) is 45.5 Å². The molecule has 0 bridgehead atoms. The van der Waals surface area contributed by atoms with Crippen LogP contribution >= 0.6 is 0 Å². The van der Waals surface area contributed by atoms with Gasteiger partial charge in [0.25, 0.3) is 0 Å². The van der Waals surface area contributed by atoms with E-state index in [1.54, 1.807) is 0 Å². The van der Waals surface area contributed by atoms with E-state index in [2.05, 4.69) is 37.4 Å². The Morgan fingerprint density at radius 2 is 2.19 bits per heavy atom. The van der Waals surface area contributed by atoms with Crippen molar-refractivity contribution in [2.45, 2.75) is 26.8 Å². The van der Waals surface area contributed by atoms with E-state index >= 15 is 0 Å². The fourth-order valence-corrected chi connectivity index (χ4v) is 1.64. The first-order chi connectivity index (χ1) is 7.67. The second-order valence-electron chi connectivity index (χ2n) is 4.02. The van der Waals surface area contributed by atoms with Crippen LogP contribution in [0, 0.1) is 0 Å². The minimum atomic E-state index is 0.255. The van der Waals surface area contributed by atoms with Crippen molar-refractivity contribution in [1.29, 1.82) is 0 Å². The van der Waals surface area contributed by atoms with Crippen molar-refractivity contribution in [1.82, 2.24) is 5.32 Å². The number of benzene rings is 1. The molecule has 0 amide bonds. The Bertz CT molecular complexity index is 354. The van der Waals surface area contributed by atoms with Crippen LogP contribution in [0.3, 0.4) is 0 Å². The van der Waals surface area contributed by atoms with Crippen molar-refractivity contribution in [3.63, 3.8) is 0 Å². The first-order valence-corrected chi connectivity index (χ1v) is 5.72. The lowest BCUT2D eigenvalue weighted by atomic mass is 10.0. The number of hydrogen-bond donors (Lipinski definition) is 1. The molecule has 0 saturated heterocycles. The summed E-state index contributed by atoms with van der Waals surface area (Å²) in [6, 6.07) is 8.48. The molecule has 0 spiro atoms. The molecule has 0 fully saturated rings. The lowest BCUT2D eigenvalue weighted by molar-refractivity contribution is 0.339. The second kappa shape index (κ2) is 6.33. The predicted octanol–water partition coefficient (Wildman–Crippen LogP) is 3.31. The largest absolute Gasteiger partial charge is 0.494 e. The molecule has 0 aliphatic heterocycles. The highest BCUT2D eigenvalue weighted by atomic mass is 16.5. The Morgan fingerprint density at radius 3 is 2.75 bits per heavy atom. The van der Waals surface area contributed by atoms with Crippen LogP contribution in [0.2, 0.25) is 0 Å². The first kappa shape index (κ1) is 12.8. The van der Waals surface area contributed by atoms with Crippen LogP contribution in [0.4, 0.5) is 0 Å². The van der Waals surface area contributed by atoms with Gasteiger partial charge in [-0.25, -0.2) is 0 Å². The summed E-state index contributed by atoms with van der Waals surface area (Å²) in [7, 11) is 1.97. The van der Waals surface area contributed by atoms with E-state index < -0.39 is 0 Å². The van der Waals surface area contributed by atoms with Crippen molar-refractivity contribution in [2.24, 2.45) is 0 Å². The lowest BCUT2D eigenvalue weighted by Gasteiger charge is -2.14. The molecule has 16 heavy (non-hydrogen) atoms. The quantitative estimate of drug-likeness (QED) is 0.767. The zero-order valence-electron chi connectivity index (χ0n) is 10.6. The van der Waals surface area contributed by atoms with Gasteiger partial charge >= 0.3 is 0 Å². The monoisotopic (exact) mass is 219 g/mol. The Morgan fingerprint density at radius 1 is 1.44 bits per heavy atom. The van der Waals surface area contributed by atoms with Crippen LogP contribution in [0.15, 0.2) is 35.9 Å². The molecule has 1 aromatic carbocycles. The van der Waals surface area contributed by atoms with E-state index in [1.807, 2.05) is 26.1 Å². The van der Waals surface area contributed by atoms with Crippen molar-refractivity contribution in [3.8, 4) is 5.75 Å². The molecule has 88 valence electrons. The van der Waals surface area contributed by atoms with Crippen molar-refractivity contribution in [2.75, 3.05) is 13.7 Å². The predicted molar refractivity (Wildman–Crippen MR) is 68.8 cm³/mol. The molecule has 0 radical (unpaired) electrons. The molecule has 0 heterocycles. The van der Waals surface area contributed by atoms with Crippen LogP contribution in [0.25, 0.3) is 0 Å². The van der Waals surface area contributed by atoms with Gasteiger partial charge in [0.15, 0.2) is 0 Å². The third-order valence-electron chi connectivity index (χ3n) is 2.34. The van der Waals surface area contributed by atoms with E-state index in [1.165, 1.54) is 11.1 Å². The Balaban J connectivity index is 2.92. The summed E-state index contributed by atoms with van der Waals surface area (Å²) < 4.78 is 5.50. The molecule has 0 saturated carbocycles. The molecule has 1 aromatic rings. The number of rotatable bonds is 5. The first-order valence-electron chi connectivity index (χ1n) is 5.72. The van der Waals surface area contributed by atoms with Crippen molar-refractivity contribution in [3.05, 3.63) is 41.5 Å². The maximum Gasteiger partial charge on any atom is 0.119 e. The summed E-state index contributed by atoms with van der Waals surface area (Å²) >= 11 is 0. The van der Waals surface area contributed by atoms with Crippen molar-refractivity contribution < 1.29 is 4.74 Å². The van der Waals surface area contributed by atoms with Gasteiger partial charge in [0.05, 0.1) is 12.6 Å². The second-order valence-corrected chi connectivity index (χ2v) is 4.02. The molecule has 1 atom stereocenters. The van der Waals surface area contributed by atoms with Crippen LogP contribution in [0.1, 0.15) is 32.4 Å². The Labute approximate surface area is 98.3 Å². The molecular weight excluding hydrogens is 198 g/mol. The summed E-state index contributed by atoms with van der Waals surface area (Å²) in [5.41, 5.74) is 2.54. The van der Waals surface area contributed by atoms with E-state index in [-0.39, 0.29) is 6.04 Å². The van der Waals surface area contributed by atoms with Gasteiger partial charge in [0.1, 0.15) is 5.75 Å². The van der Waals surface area contributed by atoms with Crippen LogP contribution in [0.5, 0.6) is 5.75 Å². The molecule has 2 heteroatoms. The minimum Gasteiger partial charge on any atom is -0.494 e. The minimum absolute atomic E-state index is 0.255. The van der Waals surface area contributed by atoms with Gasteiger partial charge in [0.2, 0.25) is 0 Å². The Hall–Kier alpha value is -1.28. The Kier molecular flexibility index (Phi) is 5.06. The van der Waals surface area contributed by atoms with Gasteiger partial charge in [0, 0.05) is 0 Å². The topological polar surface area (TPSA) is 21.3 Å².